The second-order valence-corrected chi connectivity index (χ2v) is 8.39. The third-order valence-corrected chi connectivity index (χ3v) is 5.86. The zero-order chi connectivity index (χ0) is 19.6. The van der Waals surface area contributed by atoms with Crippen LogP contribution in [-0.2, 0) is 21.2 Å². The molecule has 0 saturated carbocycles. The molecule has 1 atom stereocenters. The largest absolute Gasteiger partial charge is 0.494 e. The molecule has 0 aromatic heterocycles. The summed E-state index contributed by atoms with van der Waals surface area (Å²) in [7, 11) is -3.65. The maximum Gasteiger partial charge on any atom is 0.250 e. The van der Waals surface area contributed by atoms with Crippen LogP contribution in [0.25, 0.3) is 0 Å². The maximum absolute atomic E-state index is 13.1. The lowest BCUT2D eigenvalue weighted by Crippen LogP contribution is -2.49. The highest BCUT2D eigenvalue weighted by Gasteiger charge is 2.34. The molecule has 0 aliphatic carbocycles. The van der Waals surface area contributed by atoms with E-state index < -0.39 is 16.1 Å². The van der Waals surface area contributed by atoms with Crippen molar-refractivity contribution in [2.75, 3.05) is 28.6 Å². The molecule has 6 nitrogen and oxygen atoms in total. The molecule has 0 bridgehead atoms. The van der Waals surface area contributed by atoms with Crippen molar-refractivity contribution in [3.63, 3.8) is 0 Å². The summed E-state index contributed by atoms with van der Waals surface area (Å²) in [6.07, 6.45) is 1.89. The van der Waals surface area contributed by atoms with Gasteiger partial charge in [0, 0.05) is 12.2 Å². The number of sulfonamides is 1. The summed E-state index contributed by atoms with van der Waals surface area (Å²) in [5, 5.41) is 0. The van der Waals surface area contributed by atoms with E-state index in [0.29, 0.717) is 24.6 Å². The molecule has 1 heterocycles. The molecular weight excluding hydrogens is 364 g/mol. The number of ether oxygens (including phenoxy) is 1. The quantitative estimate of drug-likeness (QED) is 0.763. The third kappa shape index (κ3) is 3.93. The Kier molecular flexibility index (Phi) is 5.41. The molecule has 1 aliphatic rings. The fraction of sp³-hybridized carbons (Fsp3) is 0.350. The topological polar surface area (TPSA) is 66.9 Å². The van der Waals surface area contributed by atoms with Gasteiger partial charge in [-0.2, -0.15) is 0 Å². The van der Waals surface area contributed by atoms with Gasteiger partial charge < -0.3 is 9.64 Å². The minimum absolute atomic E-state index is 0.237. The molecule has 0 radical (unpaired) electrons. The summed E-state index contributed by atoms with van der Waals surface area (Å²) < 4.78 is 31.5. The van der Waals surface area contributed by atoms with E-state index in [2.05, 4.69) is 0 Å². The first-order chi connectivity index (χ1) is 12.8. The lowest BCUT2D eigenvalue weighted by atomic mass is 10.2. The van der Waals surface area contributed by atoms with Crippen molar-refractivity contribution in [3.05, 3.63) is 54.1 Å². The molecule has 0 N–H and O–H groups in total. The van der Waals surface area contributed by atoms with Crippen molar-refractivity contribution >= 4 is 27.3 Å². The SMILES string of the molecule is CCOc1ccc(N([C@@H](C)C(=O)N2CCc3ccccc32)S(C)(=O)=O)cc1. The van der Waals surface area contributed by atoms with Crippen LogP contribution < -0.4 is 13.9 Å². The minimum Gasteiger partial charge on any atom is -0.494 e. The number of para-hydroxylation sites is 1. The Bertz CT molecular complexity index is 925. The number of carbonyl (C=O) groups excluding carboxylic acids is 1. The second kappa shape index (κ2) is 7.60. The van der Waals surface area contributed by atoms with Crippen LogP contribution in [0, 0.1) is 0 Å². The van der Waals surface area contributed by atoms with Gasteiger partial charge in [-0.15, -0.1) is 0 Å². The number of anilines is 2. The van der Waals surface area contributed by atoms with Gasteiger partial charge >= 0.3 is 0 Å². The van der Waals surface area contributed by atoms with Crippen molar-refractivity contribution in [1.82, 2.24) is 0 Å². The number of amides is 1. The van der Waals surface area contributed by atoms with Gasteiger partial charge in [-0.25, -0.2) is 8.42 Å². The Morgan fingerprint density at radius 3 is 2.48 bits per heavy atom. The Hall–Kier alpha value is -2.54. The van der Waals surface area contributed by atoms with Gasteiger partial charge in [0.1, 0.15) is 11.8 Å². The Morgan fingerprint density at radius 1 is 1.19 bits per heavy atom. The average molecular weight is 388 g/mol. The standard InChI is InChI=1S/C20H24N2O4S/c1-4-26-18-11-9-17(10-12-18)22(27(3,24)25)15(2)20(23)21-14-13-16-7-5-6-8-19(16)21/h5-12,15H,4,13-14H2,1-3H3/t15-/m0/s1. The van der Waals surface area contributed by atoms with E-state index >= 15 is 0 Å². The maximum atomic E-state index is 13.1. The molecule has 7 heteroatoms. The molecule has 2 aromatic carbocycles. The number of carbonyl (C=O) groups is 1. The van der Waals surface area contributed by atoms with Crippen LogP contribution in [0.4, 0.5) is 11.4 Å². The van der Waals surface area contributed by atoms with E-state index in [4.69, 9.17) is 4.74 Å². The van der Waals surface area contributed by atoms with Crippen molar-refractivity contribution in [2.24, 2.45) is 0 Å². The number of hydrogen-bond acceptors (Lipinski definition) is 4. The lowest BCUT2D eigenvalue weighted by molar-refractivity contribution is -0.119. The number of benzene rings is 2. The highest BCUT2D eigenvalue weighted by atomic mass is 32.2. The van der Waals surface area contributed by atoms with Crippen LogP contribution in [0.3, 0.4) is 0 Å². The van der Waals surface area contributed by atoms with E-state index in [-0.39, 0.29) is 5.91 Å². The monoisotopic (exact) mass is 388 g/mol. The second-order valence-electron chi connectivity index (χ2n) is 6.53. The molecular formula is C20H24N2O4S. The minimum atomic E-state index is -3.65. The normalized spacial score (nSPS) is 14.6. The number of nitrogens with zero attached hydrogens (tertiary/aromatic N) is 2. The van der Waals surface area contributed by atoms with Crippen molar-refractivity contribution in [3.8, 4) is 5.75 Å². The molecule has 3 rings (SSSR count). The van der Waals surface area contributed by atoms with Crippen LogP contribution in [-0.4, -0.2) is 39.8 Å². The van der Waals surface area contributed by atoms with E-state index in [0.717, 1.165) is 23.9 Å². The highest BCUT2D eigenvalue weighted by molar-refractivity contribution is 7.92. The third-order valence-electron chi connectivity index (χ3n) is 4.62. The van der Waals surface area contributed by atoms with Gasteiger partial charge in [0.15, 0.2) is 0 Å². The zero-order valence-electron chi connectivity index (χ0n) is 15.8. The molecule has 0 unspecified atom stereocenters. The van der Waals surface area contributed by atoms with Crippen LogP contribution in [0.15, 0.2) is 48.5 Å². The summed E-state index contributed by atoms with van der Waals surface area (Å²) in [5.41, 5.74) is 2.40. The van der Waals surface area contributed by atoms with Crippen molar-refractivity contribution in [2.45, 2.75) is 26.3 Å². The van der Waals surface area contributed by atoms with E-state index in [1.54, 1.807) is 36.1 Å². The molecule has 0 spiro atoms. The molecule has 1 amide bonds. The molecule has 144 valence electrons. The van der Waals surface area contributed by atoms with Crippen LogP contribution in [0.1, 0.15) is 19.4 Å². The Labute approximate surface area is 160 Å². The molecule has 0 fully saturated rings. The van der Waals surface area contributed by atoms with Gasteiger partial charge in [-0.05, 0) is 56.2 Å². The number of fused-ring (bicyclic) bond motifs is 1. The smallest absolute Gasteiger partial charge is 0.250 e. The van der Waals surface area contributed by atoms with Crippen LogP contribution >= 0.6 is 0 Å². The Morgan fingerprint density at radius 2 is 1.85 bits per heavy atom. The first kappa shape index (κ1) is 19.2. The molecule has 0 saturated heterocycles. The molecule has 1 aliphatic heterocycles. The number of rotatable bonds is 6. The fourth-order valence-electron chi connectivity index (χ4n) is 3.45. The van der Waals surface area contributed by atoms with Gasteiger partial charge in [0.25, 0.3) is 5.91 Å². The lowest BCUT2D eigenvalue weighted by Gasteiger charge is -2.31. The van der Waals surface area contributed by atoms with E-state index in [1.807, 2.05) is 31.2 Å². The molecule has 2 aromatic rings. The summed E-state index contributed by atoms with van der Waals surface area (Å²) >= 11 is 0. The Balaban J connectivity index is 1.90. The first-order valence-electron chi connectivity index (χ1n) is 8.94. The van der Waals surface area contributed by atoms with Crippen LogP contribution in [0.5, 0.6) is 5.75 Å². The highest BCUT2D eigenvalue weighted by Crippen LogP contribution is 2.30. The van der Waals surface area contributed by atoms with Crippen LogP contribution in [0.2, 0.25) is 0 Å². The van der Waals surface area contributed by atoms with Gasteiger partial charge in [-0.3, -0.25) is 9.10 Å². The average Bonchev–Trinajstić information content (AvgIpc) is 3.06. The fourth-order valence-corrected chi connectivity index (χ4v) is 4.62. The first-order valence-corrected chi connectivity index (χ1v) is 10.8. The number of hydrogen-bond donors (Lipinski definition) is 0. The van der Waals surface area contributed by atoms with Gasteiger partial charge in [0.05, 0.1) is 18.6 Å². The van der Waals surface area contributed by atoms with Crippen molar-refractivity contribution in [1.29, 1.82) is 0 Å². The van der Waals surface area contributed by atoms with E-state index in [9.17, 15) is 13.2 Å². The summed E-state index contributed by atoms with van der Waals surface area (Å²) in [6.45, 7) is 4.59. The van der Waals surface area contributed by atoms with Gasteiger partial charge in [0.2, 0.25) is 10.0 Å². The van der Waals surface area contributed by atoms with Crippen molar-refractivity contribution < 1.29 is 17.9 Å². The van der Waals surface area contributed by atoms with E-state index in [1.165, 1.54) is 4.31 Å². The zero-order valence-corrected chi connectivity index (χ0v) is 16.6. The predicted molar refractivity (Wildman–Crippen MR) is 107 cm³/mol. The summed E-state index contributed by atoms with van der Waals surface area (Å²) in [5.74, 6) is 0.418. The summed E-state index contributed by atoms with van der Waals surface area (Å²) in [4.78, 5) is 14.8. The summed E-state index contributed by atoms with van der Waals surface area (Å²) in [6, 6.07) is 13.6. The van der Waals surface area contributed by atoms with Gasteiger partial charge in [-0.1, -0.05) is 18.2 Å². The molecule has 27 heavy (non-hydrogen) atoms. The predicted octanol–water partition coefficient (Wildman–Crippen LogP) is 2.83.